The highest BCUT2D eigenvalue weighted by Crippen LogP contribution is 2.32. The van der Waals surface area contributed by atoms with E-state index < -0.39 is 0 Å². The Kier molecular flexibility index (Phi) is 5.53. The van der Waals surface area contributed by atoms with Gasteiger partial charge >= 0.3 is 0 Å². The number of hydrogen-bond acceptors (Lipinski definition) is 3. The second-order valence-corrected chi connectivity index (χ2v) is 6.76. The van der Waals surface area contributed by atoms with Crippen LogP contribution in [0, 0.1) is 0 Å². The lowest BCUT2D eigenvalue weighted by molar-refractivity contribution is -0.00468. The molecular weight excluding hydrogens is 284 g/mol. The van der Waals surface area contributed by atoms with Crippen LogP contribution in [0.3, 0.4) is 0 Å². The lowest BCUT2D eigenvalue weighted by Crippen LogP contribution is -2.47. The van der Waals surface area contributed by atoms with Crippen molar-refractivity contribution < 1.29 is 4.74 Å². The lowest BCUT2D eigenvalue weighted by Gasteiger charge is -2.41. The van der Waals surface area contributed by atoms with E-state index in [1.165, 1.54) is 11.3 Å². The maximum absolute atomic E-state index is 6.18. The fraction of sp³-hybridized carbons (Fsp3) is 0.647. The molecule has 118 valence electrons. The van der Waals surface area contributed by atoms with Gasteiger partial charge in [0, 0.05) is 37.0 Å². The van der Waals surface area contributed by atoms with Crippen LogP contribution >= 0.6 is 11.6 Å². The summed E-state index contributed by atoms with van der Waals surface area (Å²) in [7, 11) is 1.80. The topological polar surface area (TPSA) is 38.5 Å². The van der Waals surface area contributed by atoms with E-state index in [4.69, 9.17) is 22.1 Å². The Morgan fingerprint density at radius 1 is 1.48 bits per heavy atom. The van der Waals surface area contributed by atoms with E-state index in [9.17, 15) is 0 Å². The average molecular weight is 311 g/mol. The standard InChI is InChI=1S/C17H27ClN2O/c1-4-15(19)11-13-10-14(18)6-7-16(13)20-9-5-8-17(2,12-20)21-3/h6-7,10,15H,4-5,8-9,11-12,19H2,1-3H3. The molecule has 0 saturated carbocycles. The van der Waals surface area contributed by atoms with Crippen LogP contribution in [0.15, 0.2) is 18.2 Å². The summed E-state index contributed by atoms with van der Waals surface area (Å²) in [5.74, 6) is 0. The number of rotatable bonds is 5. The number of benzene rings is 1. The van der Waals surface area contributed by atoms with Crippen LogP contribution in [-0.4, -0.2) is 31.8 Å². The van der Waals surface area contributed by atoms with Crippen molar-refractivity contribution >= 4 is 17.3 Å². The largest absolute Gasteiger partial charge is 0.377 e. The summed E-state index contributed by atoms with van der Waals surface area (Å²) in [6.07, 6.45) is 4.10. The van der Waals surface area contributed by atoms with E-state index in [1.807, 2.05) is 6.07 Å². The van der Waals surface area contributed by atoms with Gasteiger partial charge in [0.15, 0.2) is 0 Å². The van der Waals surface area contributed by atoms with Crippen molar-refractivity contribution in [1.82, 2.24) is 0 Å². The van der Waals surface area contributed by atoms with Gasteiger partial charge < -0.3 is 15.4 Å². The van der Waals surface area contributed by atoms with Gasteiger partial charge in [0.05, 0.1) is 5.60 Å². The highest BCUT2D eigenvalue weighted by atomic mass is 35.5. The van der Waals surface area contributed by atoms with Gasteiger partial charge in [-0.25, -0.2) is 0 Å². The normalized spacial score (nSPS) is 24.1. The summed E-state index contributed by atoms with van der Waals surface area (Å²) in [5, 5.41) is 0.781. The highest BCUT2D eigenvalue weighted by molar-refractivity contribution is 6.30. The van der Waals surface area contributed by atoms with Crippen molar-refractivity contribution in [3.8, 4) is 0 Å². The van der Waals surface area contributed by atoms with Crippen molar-refractivity contribution in [3.05, 3.63) is 28.8 Å². The SMILES string of the molecule is CCC(N)Cc1cc(Cl)ccc1N1CCCC(C)(OC)C1. The van der Waals surface area contributed by atoms with Crippen molar-refractivity contribution in [1.29, 1.82) is 0 Å². The first-order valence-corrected chi connectivity index (χ1v) is 8.19. The molecule has 0 aliphatic carbocycles. The van der Waals surface area contributed by atoms with E-state index in [1.54, 1.807) is 7.11 Å². The second kappa shape index (κ2) is 6.99. The molecule has 0 spiro atoms. The van der Waals surface area contributed by atoms with Crippen LogP contribution in [0.25, 0.3) is 0 Å². The van der Waals surface area contributed by atoms with Crippen LogP contribution in [-0.2, 0) is 11.2 Å². The van der Waals surface area contributed by atoms with Gasteiger partial charge in [0.1, 0.15) is 0 Å². The van der Waals surface area contributed by atoms with Gasteiger partial charge in [-0.05, 0) is 56.4 Å². The molecule has 0 aromatic heterocycles. The molecule has 1 saturated heterocycles. The molecule has 0 radical (unpaired) electrons. The Morgan fingerprint density at radius 3 is 2.90 bits per heavy atom. The van der Waals surface area contributed by atoms with Gasteiger partial charge in [-0.1, -0.05) is 18.5 Å². The Balaban J connectivity index is 2.25. The Hall–Kier alpha value is -0.770. The molecular formula is C17H27ClN2O. The van der Waals surface area contributed by atoms with Gasteiger partial charge in [0.25, 0.3) is 0 Å². The highest BCUT2D eigenvalue weighted by Gasteiger charge is 2.31. The Bertz CT molecular complexity index is 480. The summed E-state index contributed by atoms with van der Waals surface area (Å²) in [4.78, 5) is 2.42. The predicted molar refractivity (Wildman–Crippen MR) is 90.3 cm³/mol. The number of nitrogens with zero attached hydrogens (tertiary/aromatic N) is 1. The van der Waals surface area contributed by atoms with E-state index in [0.29, 0.717) is 0 Å². The molecule has 0 bridgehead atoms. The predicted octanol–water partition coefficient (Wildman–Crippen LogP) is 3.63. The number of ether oxygens (including phenoxy) is 1. The molecule has 2 unspecified atom stereocenters. The fourth-order valence-electron chi connectivity index (χ4n) is 3.03. The number of piperidine rings is 1. The molecule has 2 N–H and O–H groups in total. The molecule has 2 atom stereocenters. The maximum atomic E-state index is 6.18. The summed E-state index contributed by atoms with van der Waals surface area (Å²) >= 11 is 6.18. The third-order valence-electron chi connectivity index (χ3n) is 4.54. The Morgan fingerprint density at radius 2 is 2.24 bits per heavy atom. The number of anilines is 1. The first kappa shape index (κ1) is 16.6. The Labute approximate surface area is 133 Å². The third kappa shape index (κ3) is 4.12. The minimum Gasteiger partial charge on any atom is -0.377 e. The molecule has 1 fully saturated rings. The van der Waals surface area contributed by atoms with Crippen molar-refractivity contribution in [3.63, 3.8) is 0 Å². The first-order chi connectivity index (χ1) is 9.97. The molecule has 1 heterocycles. The minimum absolute atomic E-state index is 0.0674. The molecule has 0 amide bonds. The van der Waals surface area contributed by atoms with Crippen LogP contribution in [0.5, 0.6) is 0 Å². The quantitative estimate of drug-likeness (QED) is 0.902. The lowest BCUT2D eigenvalue weighted by atomic mass is 9.93. The van der Waals surface area contributed by atoms with Crippen LogP contribution < -0.4 is 10.6 Å². The number of methoxy groups -OCH3 is 1. The summed E-state index contributed by atoms with van der Waals surface area (Å²) < 4.78 is 5.70. The van der Waals surface area contributed by atoms with Crippen molar-refractivity contribution in [2.24, 2.45) is 5.73 Å². The first-order valence-electron chi connectivity index (χ1n) is 7.81. The van der Waals surface area contributed by atoms with E-state index >= 15 is 0 Å². The van der Waals surface area contributed by atoms with E-state index in [0.717, 1.165) is 43.8 Å². The van der Waals surface area contributed by atoms with Gasteiger partial charge in [-0.3, -0.25) is 0 Å². The molecule has 21 heavy (non-hydrogen) atoms. The summed E-state index contributed by atoms with van der Waals surface area (Å²) in [5.41, 5.74) is 8.58. The average Bonchev–Trinajstić information content (AvgIpc) is 2.47. The summed E-state index contributed by atoms with van der Waals surface area (Å²) in [6, 6.07) is 6.34. The maximum Gasteiger partial charge on any atom is 0.0825 e. The van der Waals surface area contributed by atoms with E-state index in [-0.39, 0.29) is 11.6 Å². The smallest absolute Gasteiger partial charge is 0.0825 e. The molecule has 1 aliphatic heterocycles. The van der Waals surface area contributed by atoms with Crippen LogP contribution in [0.2, 0.25) is 5.02 Å². The zero-order valence-corrected chi connectivity index (χ0v) is 14.1. The molecule has 3 nitrogen and oxygen atoms in total. The zero-order chi connectivity index (χ0) is 15.5. The van der Waals surface area contributed by atoms with Gasteiger partial charge in [-0.2, -0.15) is 0 Å². The minimum atomic E-state index is -0.0674. The van der Waals surface area contributed by atoms with E-state index in [2.05, 4.69) is 30.9 Å². The number of halogens is 1. The molecule has 2 rings (SSSR count). The second-order valence-electron chi connectivity index (χ2n) is 6.32. The molecule has 1 aromatic rings. The van der Waals surface area contributed by atoms with Crippen molar-refractivity contribution in [2.75, 3.05) is 25.1 Å². The third-order valence-corrected chi connectivity index (χ3v) is 4.78. The van der Waals surface area contributed by atoms with Gasteiger partial charge in [-0.15, -0.1) is 0 Å². The number of nitrogens with two attached hydrogens (primary N) is 1. The molecule has 4 heteroatoms. The molecule has 1 aliphatic rings. The monoisotopic (exact) mass is 310 g/mol. The molecule has 1 aromatic carbocycles. The van der Waals surface area contributed by atoms with Crippen LogP contribution in [0.4, 0.5) is 5.69 Å². The summed E-state index contributed by atoms with van der Waals surface area (Å²) in [6.45, 7) is 6.29. The fourth-order valence-corrected chi connectivity index (χ4v) is 3.23. The number of hydrogen-bond donors (Lipinski definition) is 1. The van der Waals surface area contributed by atoms with Gasteiger partial charge in [0.2, 0.25) is 0 Å². The van der Waals surface area contributed by atoms with Crippen molar-refractivity contribution in [2.45, 2.75) is 51.2 Å². The van der Waals surface area contributed by atoms with Crippen LogP contribution in [0.1, 0.15) is 38.7 Å². The zero-order valence-electron chi connectivity index (χ0n) is 13.4.